The minimum absolute atomic E-state index is 0.171. The van der Waals surface area contributed by atoms with Crippen molar-refractivity contribution in [2.45, 2.75) is 50.7 Å². The molecule has 166 valence electrons. The second kappa shape index (κ2) is 9.63. The Labute approximate surface area is 190 Å². The summed E-state index contributed by atoms with van der Waals surface area (Å²) in [6.07, 6.45) is 3.87. The molecule has 1 N–H and O–H groups in total. The number of rotatable bonds is 6. The molecular weight excluding hydrogens is 465 g/mol. The topological polar surface area (TPSA) is 85.5 Å². The molecule has 0 amide bonds. The van der Waals surface area contributed by atoms with E-state index < -0.39 is 5.82 Å². The Morgan fingerprint density at radius 1 is 1.29 bits per heavy atom. The van der Waals surface area contributed by atoms with Crippen LogP contribution in [0.25, 0.3) is 10.9 Å². The average Bonchev–Trinajstić information content (AvgIpc) is 3.19. The first-order valence-electron chi connectivity index (χ1n) is 10.8. The standard InChI is InChI=1S/C22H27BrFN5O2/c1-28-9-3-5-15(28)13-31-22-26-20-17(12-14(4-2-8-25)18(23)19(20)24)21(27-22)29-10-6-16(30)7-11-29/h12,15-16,30H,2-7,9-11,13H2,1H3. The molecule has 0 radical (unpaired) electrons. The molecule has 9 heteroatoms. The van der Waals surface area contributed by atoms with Gasteiger partial charge in [0.05, 0.1) is 16.6 Å². The molecule has 3 heterocycles. The molecule has 0 saturated carbocycles. The summed E-state index contributed by atoms with van der Waals surface area (Å²) in [5.41, 5.74) is 0.924. The zero-order valence-corrected chi connectivity index (χ0v) is 19.2. The van der Waals surface area contributed by atoms with Crippen LogP contribution in [0.15, 0.2) is 10.5 Å². The summed E-state index contributed by atoms with van der Waals surface area (Å²) in [4.78, 5) is 13.4. The van der Waals surface area contributed by atoms with E-state index in [0.29, 0.717) is 67.1 Å². The second-order valence-electron chi connectivity index (χ2n) is 8.35. The zero-order valence-electron chi connectivity index (χ0n) is 17.7. The molecule has 1 unspecified atom stereocenters. The van der Waals surface area contributed by atoms with E-state index in [9.17, 15) is 5.11 Å². The highest BCUT2D eigenvalue weighted by molar-refractivity contribution is 9.10. The molecule has 2 fully saturated rings. The minimum atomic E-state index is -0.464. The predicted octanol–water partition coefficient (Wildman–Crippen LogP) is 3.42. The summed E-state index contributed by atoms with van der Waals surface area (Å²) in [5.74, 6) is 0.158. The molecule has 0 aliphatic carbocycles. The van der Waals surface area contributed by atoms with Crippen LogP contribution in [0.2, 0.25) is 0 Å². The van der Waals surface area contributed by atoms with Crippen molar-refractivity contribution in [2.75, 3.05) is 38.2 Å². The van der Waals surface area contributed by atoms with Crippen LogP contribution in [0, 0.1) is 17.1 Å². The maximum atomic E-state index is 15.3. The Bertz CT molecular complexity index is 990. The van der Waals surface area contributed by atoms with E-state index in [0.717, 1.165) is 24.9 Å². The van der Waals surface area contributed by atoms with Gasteiger partial charge in [-0.05, 0) is 73.3 Å². The highest BCUT2D eigenvalue weighted by Crippen LogP contribution is 2.35. The summed E-state index contributed by atoms with van der Waals surface area (Å²) in [7, 11) is 2.08. The van der Waals surface area contributed by atoms with Gasteiger partial charge in [0.15, 0.2) is 5.82 Å². The van der Waals surface area contributed by atoms with Gasteiger partial charge in [0.2, 0.25) is 0 Å². The Balaban J connectivity index is 1.73. The fourth-order valence-electron chi connectivity index (χ4n) is 4.34. The van der Waals surface area contributed by atoms with Crippen molar-refractivity contribution in [3.05, 3.63) is 21.9 Å². The first-order chi connectivity index (χ1) is 15.0. The quantitative estimate of drug-likeness (QED) is 0.662. The number of aromatic nitrogens is 2. The van der Waals surface area contributed by atoms with Crippen molar-refractivity contribution in [3.8, 4) is 12.1 Å². The molecule has 1 atom stereocenters. The van der Waals surface area contributed by atoms with E-state index in [4.69, 9.17) is 10.00 Å². The lowest BCUT2D eigenvalue weighted by Gasteiger charge is -2.31. The molecular formula is C22H27BrFN5O2. The summed E-state index contributed by atoms with van der Waals surface area (Å²) in [6.45, 7) is 2.76. The Hall–Kier alpha value is -2.02. The molecule has 2 saturated heterocycles. The molecule has 7 nitrogen and oxygen atoms in total. The van der Waals surface area contributed by atoms with E-state index in [2.05, 4.69) is 48.8 Å². The number of halogens is 2. The van der Waals surface area contributed by atoms with Crippen LogP contribution in [0.3, 0.4) is 0 Å². The van der Waals surface area contributed by atoms with Gasteiger partial charge < -0.3 is 19.6 Å². The molecule has 1 aromatic heterocycles. The van der Waals surface area contributed by atoms with Crippen molar-refractivity contribution in [3.63, 3.8) is 0 Å². The van der Waals surface area contributed by atoms with Crippen LogP contribution in [0.5, 0.6) is 6.01 Å². The van der Waals surface area contributed by atoms with Crippen molar-refractivity contribution >= 4 is 32.7 Å². The maximum Gasteiger partial charge on any atom is 0.319 e. The fourth-order valence-corrected chi connectivity index (χ4v) is 4.84. The lowest BCUT2D eigenvalue weighted by atomic mass is 10.0. The predicted molar refractivity (Wildman–Crippen MR) is 120 cm³/mol. The fraction of sp³-hybridized carbons (Fsp3) is 0.591. The molecule has 31 heavy (non-hydrogen) atoms. The molecule has 2 aliphatic heterocycles. The van der Waals surface area contributed by atoms with Crippen molar-refractivity contribution in [2.24, 2.45) is 0 Å². The van der Waals surface area contributed by atoms with Gasteiger partial charge in [-0.3, -0.25) is 0 Å². The number of hydrogen-bond donors (Lipinski definition) is 1. The molecule has 4 rings (SSSR count). The smallest absolute Gasteiger partial charge is 0.319 e. The summed E-state index contributed by atoms with van der Waals surface area (Å²) in [6, 6.07) is 4.46. The van der Waals surface area contributed by atoms with Gasteiger partial charge in [-0.15, -0.1) is 0 Å². The molecule has 0 spiro atoms. The average molecular weight is 492 g/mol. The number of aliphatic hydroxyl groups is 1. The number of anilines is 1. The first kappa shape index (κ1) is 22.2. The number of aliphatic hydroxyl groups excluding tert-OH is 1. The van der Waals surface area contributed by atoms with Crippen molar-refractivity contribution in [1.82, 2.24) is 14.9 Å². The summed E-state index contributed by atoms with van der Waals surface area (Å²) >= 11 is 3.35. The Morgan fingerprint density at radius 2 is 2.06 bits per heavy atom. The van der Waals surface area contributed by atoms with E-state index in [1.165, 1.54) is 0 Å². The van der Waals surface area contributed by atoms with Crippen LogP contribution in [-0.4, -0.2) is 65.4 Å². The molecule has 1 aromatic carbocycles. The third kappa shape index (κ3) is 4.76. The minimum Gasteiger partial charge on any atom is -0.462 e. The lowest BCUT2D eigenvalue weighted by Crippen LogP contribution is -2.36. The van der Waals surface area contributed by atoms with Gasteiger partial charge in [0.1, 0.15) is 17.9 Å². The highest BCUT2D eigenvalue weighted by Gasteiger charge is 2.26. The van der Waals surface area contributed by atoms with E-state index >= 15 is 4.39 Å². The van der Waals surface area contributed by atoms with Gasteiger partial charge in [0.25, 0.3) is 0 Å². The van der Waals surface area contributed by atoms with Crippen LogP contribution in [0.1, 0.15) is 37.7 Å². The Kier molecular flexibility index (Phi) is 6.89. The van der Waals surface area contributed by atoms with E-state index in [1.807, 2.05) is 6.07 Å². The van der Waals surface area contributed by atoms with E-state index in [1.54, 1.807) is 0 Å². The number of nitrogens with zero attached hydrogens (tertiary/aromatic N) is 5. The van der Waals surface area contributed by atoms with Crippen molar-refractivity contribution in [1.29, 1.82) is 5.26 Å². The van der Waals surface area contributed by atoms with Gasteiger partial charge >= 0.3 is 6.01 Å². The van der Waals surface area contributed by atoms with Gasteiger partial charge in [0, 0.05) is 30.9 Å². The number of likely N-dealkylation sites (tertiary alicyclic amines) is 1. The monoisotopic (exact) mass is 491 g/mol. The lowest BCUT2D eigenvalue weighted by molar-refractivity contribution is 0.145. The third-order valence-corrected chi connectivity index (χ3v) is 7.11. The van der Waals surface area contributed by atoms with Crippen LogP contribution in [-0.2, 0) is 6.42 Å². The number of ether oxygens (including phenoxy) is 1. The molecule has 0 bridgehead atoms. The van der Waals surface area contributed by atoms with Crippen molar-refractivity contribution < 1.29 is 14.2 Å². The third-order valence-electron chi connectivity index (χ3n) is 6.25. The largest absolute Gasteiger partial charge is 0.462 e. The number of likely N-dealkylation sites (N-methyl/N-ethyl adjacent to an activating group) is 1. The normalized spacial score (nSPS) is 20.4. The Morgan fingerprint density at radius 3 is 2.74 bits per heavy atom. The van der Waals surface area contributed by atoms with Crippen LogP contribution >= 0.6 is 15.9 Å². The zero-order chi connectivity index (χ0) is 22.0. The summed E-state index contributed by atoms with van der Waals surface area (Å²) in [5, 5.41) is 19.5. The molecule has 2 aliphatic rings. The highest BCUT2D eigenvalue weighted by atomic mass is 79.9. The number of benzene rings is 1. The number of nitriles is 1. The number of hydrogen-bond acceptors (Lipinski definition) is 7. The van der Waals surface area contributed by atoms with Gasteiger partial charge in [-0.25, -0.2) is 4.39 Å². The number of piperidine rings is 1. The molecule has 2 aromatic rings. The maximum absolute atomic E-state index is 15.3. The first-order valence-corrected chi connectivity index (χ1v) is 11.6. The SMILES string of the molecule is CN1CCCC1COc1nc(N2CCC(O)CC2)c2cc(CCC#N)c(Br)c(F)c2n1. The van der Waals surface area contributed by atoms with Gasteiger partial charge in [-0.1, -0.05) is 0 Å². The van der Waals surface area contributed by atoms with Crippen LogP contribution < -0.4 is 9.64 Å². The number of aryl methyl sites for hydroxylation is 1. The summed E-state index contributed by atoms with van der Waals surface area (Å²) < 4.78 is 21.6. The van der Waals surface area contributed by atoms with Gasteiger partial charge in [-0.2, -0.15) is 15.2 Å². The van der Waals surface area contributed by atoms with Crippen LogP contribution in [0.4, 0.5) is 10.2 Å². The number of fused-ring (bicyclic) bond motifs is 1. The van der Waals surface area contributed by atoms with E-state index in [-0.39, 0.29) is 17.6 Å². The second-order valence-corrected chi connectivity index (χ2v) is 9.15.